The first-order valence-corrected chi connectivity index (χ1v) is 8.97. The van der Waals surface area contributed by atoms with Gasteiger partial charge in [0.25, 0.3) is 5.91 Å². The van der Waals surface area contributed by atoms with Gasteiger partial charge >= 0.3 is 0 Å². The molecule has 0 atom stereocenters. The zero-order valence-corrected chi connectivity index (χ0v) is 15.5. The lowest BCUT2D eigenvalue weighted by Gasteiger charge is -2.10. The summed E-state index contributed by atoms with van der Waals surface area (Å²) in [6, 6.07) is 0. The normalized spacial score (nSPS) is 21.6. The summed E-state index contributed by atoms with van der Waals surface area (Å²) in [7, 11) is 0. The lowest BCUT2D eigenvalue weighted by Crippen LogP contribution is -2.15. The molecule has 0 fully saturated rings. The van der Waals surface area contributed by atoms with E-state index >= 15 is 0 Å². The van der Waals surface area contributed by atoms with Gasteiger partial charge in [0.15, 0.2) is 0 Å². The first-order valence-electron chi connectivity index (χ1n) is 8.97. The number of carbonyl (C=O) groups excluding carboxylic acids is 1. The second kappa shape index (κ2) is 7.28. The molecule has 2 nitrogen and oxygen atoms in total. The number of nitrogens with one attached hydrogen (secondary N) is 1. The fraction of sp³-hybridized carbons (Fsp3) is 0.261. The maximum absolute atomic E-state index is 12.9. The fourth-order valence-electron chi connectivity index (χ4n) is 3.53. The summed E-state index contributed by atoms with van der Waals surface area (Å²) in [5.41, 5.74) is 7.06. The van der Waals surface area contributed by atoms with Crippen LogP contribution in [0.15, 0.2) is 94.1 Å². The highest BCUT2D eigenvalue weighted by atomic mass is 19.1. The van der Waals surface area contributed by atoms with Crippen LogP contribution in [-0.4, -0.2) is 5.91 Å². The molecule has 0 saturated carbocycles. The van der Waals surface area contributed by atoms with Crippen LogP contribution < -0.4 is 5.32 Å². The van der Waals surface area contributed by atoms with Gasteiger partial charge in [-0.05, 0) is 71.8 Å². The predicted molar refractivity (Wildman–Crippen MR) is 105 cm³/mol. The molecular weight excluding hydrogens is 325 g/mol. The van der Waals surface area contributed by atoms with Gasteiger partial charge in [0, 0.05) is 11.3 Å². The van der Waals surface area contributed by atoms with E-state index in [9.17, 15) is 9.18 Å². The third-order valence-electron chi connectivity index (χ3n) is 4.91. The average Bonchev–Trinajstić information content (AvgIpc) is 2.93. The van der Waals surface area contributed by atoms with Gasteiger partial charge in [0.1, 0.15) is 5.83 Å². The molecule has 0 aromatic carbocycles. The van der Waals surface area contributed by atoms with Crippen LogP contribution in [0.5, 0.6) is 0 Å². The molecule has 0 bridgehead atoms. The first-order chi connectivity index (χ1) is 12.4. The van der Waals surface area contributed by atoms with E-state index in [4.69, 9.17) is 0 Å². The highest BCUT2D eigenvalue weighted by molar-refractivity contribution is 6.03. The zero-order valence-electron chi connectivity index (χ0n) is 15.5. The maximum Gasteiger partial charge on any atom is 0.256 e. The molecule has 0 aromatic heterocycles. The van der Waals surface area contributed by atoms with Crippen LogP contribution in [0.25, 0.3) is 0 Å². The number of hydrogen-bond donors (Lipinski definition) is 1. The van der Waals surface area contributed by atoms with Gasteiger partial charge in [-0.25, -0.2) is 4.39 Å². The SMILES string of the molecule is C=C(F)/C=C\C1=C(C)C(=CC2=CC(C(C)C)=C3CCC=CC=C23)C(=O)N1. The van der Waals surface area contributed by atoms with Crippen LogP contribution in [0.4, 0.5) is 4.39 Å². The van der Waals surface area contributed by atoms with Gasteiger partial charge in [0.2, 0.25) is 0 Å². The van der Waals surface area contributed by atoms with Crippen molar-refractivity contribution in [3.8, 4) is 0 Å². The Kier molecular flexibility index (Phi) is 5.08. The highest BCUT2D eigenvalue weighted by Crippen LogP contribution is 2.40. The van der Waals surface area contributed by atoms with E-state index in [0.29, 0.717) is 17.2 Å². The molecule has 1 amide bonds. The molecule has 3 rings (SSSR count). The van der Waals surface area contributed by atoms with Crippen LogP contribution in [0.2, 0.25) is 0 Å². The number of carbonyl (C=O) groups is 1. The second-order valence-corrected chi connectivity index (χ2v) is 7.07. The number of amides is 1. The molecule has 26 heavy (non-hydrogen) atoms. The Morgan fingerprint density at radius 3 is 2.85 bits per heavy atom. The summed E-state index contributed by atoms with van der Waals surface area (Å²) in [6.07, 6.45) is 15.4. The highest BCUT2D eigenvalue weighted by Gasteiger charge is 2.27. The smallest absolute Gasteiger partial charge is 0.256 e. The molecular formula is C23H24FNO. The minimum Gasteiger partial charge on any atom is -0.322 e. The van der Waals surface area contributed by atoms with E-state index in [-0.39, 0.29) is 5.91 Å². The molecule has 0 spiro atoms. The van der Waals surface area contributed by atoms with Gasteiger partial charge in [-0.3, -0.25) is 4.79 Å². The summed E-state index contributed by atoms with van der Waals surface area (Å²) >= 11 is 0. The van der Waals surface area contributed by atoms with Crippen molar-refractivity contribution < 1.29 is 9.18 Å². The Morgan fingerprint density at radius 1 is 1.38 bits per heavy atom. The minimum atomic E-state index is -0.540. The van der Waals surface area contributed by atoms with E-state index in [2.05, 4.69) is 50.0 Å². The van der Waals surface area contributed by atoms with Crippen LogP contribution >= 0.6 is 0 Å². The topological polar surface area (TPSA) is 29.1 Å². The molecule has 0 aromatic rings. The Morgan fingerprint density at radius 2 is 2.15 bits per heavy atom. The van der Waals surface area contributed by atoms with Gasteiger partial charge in [-0.2, -0.15) is 0 Å². The molecule has 0 saturated heterocycles. The van der Waals surface area contributed by atoms with Crippen molar-refractivity contribution >= 4 is 5.91 Å². The third-order valence-corrected chi connectivity index (χ3v) is 4.91. The lowest BCUT2D eigenvalue weighted by molar-refractivity contribution is -0.116. The Hall–Kier alpha value is -2.68. The van der Waals surface area contributed by atoms with Crippen molar-refractivity contribution in [1.82, 2.24) is 5.32 Å². The van der Waals surface area contributed by atoms with E-state index in [1.54, 1.807) is 6.08 Å². The summed E-state index contributed by atoms with van der Waals surface area (Å²) < 4.78 is 12.9. The zero-order chi connectivity index (χ0) is 18.8. The molecule has 1 N–H and O–H groups in total. The van der Waals surface area contributed by atoms with Gasteiger partial charge in [0.05, 0.1) is 0 Å². The lowest BCUT2D eigenvalue weighted by atomic mass is 9.94. The standard InChI is InChI=1S/C23H24FNO/c1-14(2)20-12-17(18-8-6-5-7-9-19(18)20)13-21-16(4)22(25-23(21)26)11-10-15(3)24/h5-6,8,10-14H,3,7,9H2,1-2,4H3,(H,25,26)/b11-10-,21-13?. The number of rotatable bonds is 4. The Bertz CT molecular complexity index is 885. The quantitative estimate of drug-likeness (QED) is 0.525. The Balaban J connectivity index is 2.00. The Labute approximate surface area is 154 Å². The fourth-order valence-corrected chi connectivity index (χ4v) is 3.53. The molecule has 3 heteroatoms. The molecule has 0 radical (unpaired) electrons. The third kappa shape index (κ3) is 3.48. The van der Waals surface area contributed by atoms with Gasteiger partial charge in [-0.15, -0.1) is 0 Å². The number of fused-ring (bicyclic) bond motifs is 1. The van der Waals surface area contributed by atoms with Crippen molar-refractivity contribution in [3.63, 3.8) is 0 Å². The van der Waals surface area contributed by atoms with Crippen LogP contribution in [0.1, 0.15) is 33.6 Å². The monoisotopic (exact) mass is 349 g/mol. The van der Waals surface area contributed by atoms with E-state index < -0.39 is 5.83 Å². The summed E-state index contributed by atoms with van der Waals surface area (Å²) in [6.45, 7) is 9.48. The van der Waals surface area contributed by atoms with Gasteiger partial charge < -0.3 is 5.32 Å². The van der Waals surface area contributed by atoms with Crippen molar-refractivity contribution in [2.24, 2.45) is 5.92 Å². The van der Waals surface area contributed by atoms with Crippen molar-refractivity contribution in [3.05, 3.63) is 94.1 Å². The van der Waals surface area contributed by atoms with E-state index in [1.807, 2.05) is 13.0 Å². The molecule has 134 valence electrons. The average molecular weight is 349 g/mol. The van der Waals surface area contributed by atoms with Crippen LogP contribution in [0.3, 0.4) is 0 Å². The van der Waals surface area contributed by atoms with Crippen LogP contribution in [-0.2, 0) is 4.79 Å². The van der Waals surface area contributed by atoms with E-state index in [1.165, 1.54) is 22.8 Å². The molecule has 2 aliphatic carbocycles. The molecule has 3 aliphatic rings. The number of allylic oxidation sites excluding steroid dienone is 12. The molecule has 1 aliphatic heterocycles. The molecule has 1 heterocycles. The van der Waals surface area contributed by atoms with Crippen LogP contribution in [0, 0.1) is 5.92 Å². The van der Waals surface area contributed by atoms with Crippen molar-refractivity contribution in [1.29, 1.82) is 0 Å². The predicted octanol–water partition coefficient (Wildman–Crippen LogP) is 5.53. The summed E-state index contributed by atoms with van der Waals surface area (Å²) in [5.74, 6) is -0.261. The maximum atomic E-state index is 12.9. The van der Waals surface area contributed by atoms with Gasteiger partial charge in [-0.1, -0.05) is 44.7 Å². The number of hydrogen-bond acceptors (Lipinski definition) is 1. The minimum absolute atomic E-state index is 0.156. The summed E-state index contributed by atoms with van der Waals surface area (Å²) in [5, 5.41) is 2.80. The van der Waals surface area contributed by atoms with E-state index in [0.717, 1.165) is 24.0 Å². The first kappa shape index (κ1) is 18.1. The molecule has 0 unspecified atom stereocenters. The van der Waals surface area contributed by atoms with Crippen molar-refractivity contribution in [2.75, 3.05) is 0 Å². The summed E-state index contributed by atoms with van der Waals surface area (Å²) in [4.78, 5) is 12.4. The second-order valence-electron chi connectivity index (χ2n) is 7.07. The van der Waals surface area contributed by atoms with Crippen molar-refractivity contribution in [2.45, 2.75) is 33.6 Å². The largest absolute Gasteiger partial charge is 0.322 e. The number of halogens is 1.